The van der Waals surface area contributed by atoms with Gasteiger partial charge in [0.1, 0.15) is 5.82 Å². The molecule has 4 rings (SSSR count). The Balaban J connectivity index is 1.41. The molecule has 0 radical (unpaired) electrons. The second-order valence-electron chi connectivity index (χ2n) is 6.83. The molecule has 1 fully saturated rings. The number of nitrogens with zero attached hydrogens (tertiary/aromatic N) is 4. The van der Waals surface area contributed by atoms with Gasteiger partial charge in [-0.2, -0.15) is 0 Å². The summed E-state index contributed by atoms with van der Waals surface area (Å²) in [7, 11) is 0. The highest BCUT2D eigenvalue weighted by atomic mass is 19.1. The van der Waals surface area contributed by atoms with Crippen molar-refractivity contribution in [3.8, 4) is 11.5 Å². The standard InChI is InChI=1S/C20H17FN4O4/c21-16-6-4-13(5-7-16)18-22-23-19(29-18)14-8-10-24(11-9-14)20(26)15-2-1-3-17(12-15)25(27)28/h1-7,12,14H,8-11H2. The van der Waals surface area contributed by atoms with Crippen molar-refractivity contribution in [2.75, 3.05) is 13.1 Å². The van der Waals surface area contributed by atoms with Crippen LogP contribution >= 0.6 is 0 Å². The third-order valence-corrected chi connectivity index (χ3v) is 4.97. The number of non-ortho nitro benzene ring substituents is 1. The topological polar surface area (TPSA) is 102 Å². The lowest BCUT2D eigenvalue weighted by Crippen LogP contribution is -2.38. The molecule has 1 saturated heterocycles. The molecule has 0 aliphatic carbocycles. The van der Waals surface area contributed by atoms with E-state index < -0.39 is 4.92 Å². The molecule has 1 aliphatic rings. The van der Waals surface area contributed by atoms with Gasteiger partial charge in [0, 0.05) is 42.3 Å². The zero-order valence-corrected chi connectivity index (χ0v) is 15.3. The van der Waals surface area contributed by atoms with Gasteiger partial charge in [-0.3, -0.25) is 14.9 Å². The van der Waals surface area contributed by atoms with Crippen molar-refractivity contribution in [3.05, 3.63) is 75.9 Å². The third kappa shape index (κ3) is 3.98. The van der Waals surface area contributed by atoms with Crippen molar-refractivity contribution in [1.29, 1.82) is 0 Å². The van der Waals surface area contributed by atoms with Crippen molar-refractivity contribution >= 4 is 11.6 Å². The lowest BCUT2D eigenvalue weighted by Gasteiger charge is -2.30. The highest BCUT2D eigenvalue weighted by molar-refractivity contribution is 5.94. The fourth-order valence-electron chi connectivity index (χ4n) is 3.37. The van der Waals surface area contributed by atoms with Crippen molar-refractivity contribution in [1.82, 2.24) is 15.1 Å². The number of nitro groups is 1. The number of benzene rings is 2. The Morgan fingerprint density at radius 1 is 1.14 bits per heavy atom. The maximum absolute atomic E-state index is 13.1. The van der Waals surface area contributed by atoms with Gasteiger partial charge in [0.05, 0.1) is 4.92 Å². The Hall–Kier alpha value is -3.62. The van der Waals surface area contributed by atoms with Crippen molar-refractivity contribution < 1.29 is 18.5 Å². The summed E-state index contributed by atoms with van der Waals surface area (Å²) < 4.78 is 18.8. The summed E-state index contributed by atoms with van der Waals surface area (Å²) in [5.41, 5.74) is 0.836. The minimum Gasteiger partial charge on any atom is -0.420 e. The largest absolute Gasteiger partial charge is 0.420 e. The first-order valence-electron chi connectivity index (χ1n) is 9.14. The Morgan fingerprint density at radius 2 is 1.86 bits per heavy atom. The maximum Gasteiger partial charge on any atom is 0.270 e. The number of rotatable bonds is 4. The molecule has 0 bridgehead atoms. The fraction of sp³-hybridized carbons (Fsp3) is 0.250. The molecule has 0 spiro atoms. The van der Waals surface area contributed by atoms with Crippen molar-refractivity contribution in [2.24, 2.45) is 0 Å². The van der Waals surface area contributed by atoms with Crippen LogP contribution in [0.3, 0.4) is 0 Å². The molecule has 0 saturated carbocycles. The number of aromatic nitrogens is 2. The van der Waals surface area contributed by atoms with E-state index in [-0.39, 0.29) is 23.3 Å². The molecular formula is C20H17FN4O4. The normalized spacial score (nSPS) is 14.7. The SMILES string of the molecule is O=C(c1cccc([N+](=O)[O-])c1)N1CCC(c2nnc(-c3ccc(F)cc3)o2)CC1. The summed E-state index contributed by atoms with van der Waals surface area (Å²) in [6.45, 7) is 0.973. The van der Waals surface area contributed by atoms with Gasteiger partial charge in [-0.25, -0.2) is 4.39 Å². The lowest BCUT2D eigenvalue weighted by molar-refractivity contribution is -0.384. The molecule has 0 atom stereocenters. The van der Waals surface area contributed by atoms with Gasteiger partial charge in [0.25, 0.3) is 11.6 Å². The van der Waals surface area contributed by atoms with E-state index in [1.807, 2.05) is 0 Å². The Labute approximate surface area is 165 Å². The highest BCUT2D eigenvalue weighted by Crippen LogP contribution is 2.30. The molecule has 29 heavy (non-hydrogen) atoms. The number of nitro benzene ring substituents is 1. The van der Waals surface area contributed by atoms with Crippen LogP contribution in [0.15, 0.2) is 52.9 Å². The summed E-state index contributed by atoms with van der Waals surface area (Å²) in [5, 5.41) is 19.1. The molecule has 8 nitrogen and oxygen atoms in total. The number of carbonyl (C=O) groups excluding carboxylic acids is 1. The van der Waals surface area contributed by atoms with E-state index in [2.05, 4.69) is 10.2 Å². The first-order valence-corrected chi connectivity index (χ1v) is 9.14. The van der Waals surface area contributed by atoms with Crippen LogP contribution in [0.2, 0.25) is 0 Å². The van der Waals surface area contributed by atoms with Gasteiger partial charge in [-0.1, -0.05) is 6.07 Å². The van der Waals surface area contributed by atoms with Gasteiger partial charge in [-0.05, 0) is 43.2 Å². The first-order chi connectivity index (χ1) is 14.0. The van der Waals surface area contributed by atoms with Gasteiger partial charge < -0.3 is 9.32 Å². The quantitative estimate of drug-likeness (QED) is 0.491. The molecule has 1 aliphatic heterocycles. The minimum absolute atomic E-state index is 0.0193. The molecule has 9 heteroatoms. The Bertz CT molecular complexity index is 1040. The van der Waals surface area contributed by atoms with Crippen LogP contribution in [-0.2, 0) is 0 Å². The lowest BCUT2D eigenvalue weighted by atomic mass is 9.96. The molecular weight excluding hydrogens is 379 g/mol. The second kappa shape index (κ2) is 7.78. The van der Waals surface area contributed by atoms with Crippen molar-refractivity contribution in [2.45, 2.75) is 18.8 Å². The molecule has 1 aromatic heterocycles. The summed E-state index contributed by atoms with van der Waals surface area (Å²) in [4.78, 5) is 24.7. The molecule has 1 amide bonds. The zero-order valence-electron chi connectivity index (χ0n) is 15.3. The monoisotopic (exact) mass is 396 g/mol. The zero-order chi connectivity index (χ0) is 20.4. The van der Waals surface area contributed by atoms with Crippen LogP contribution < -0.4 is 0 Å². The van der Waals surface area contributed by atoms with E-state index in [0.717, 1.165) is 0 Å². The summed E-state index contributed by atoms with van der Waals surface area (Å²) in [6, 6.07) is 11.6. The fourth-order valence-corrected chi connectivity index (χ4v) is 3.37. The number of likely N-dealkylation sites (tertiary alicyclic amines) is 1. The average Bonchev–Trinajstić information content (AvgIpc) is 3.24. The summed E-state index contributed by atoms with van der Waals surface area (Å²) in [6.07, 6.45) is 1.29. The number of carbonyl (C=O) groups is 1. The van der Waals surface area contributed by atoms with E-state index in [1.165, 1.54) is 30.3 Å². The molecule has 3 aromatic rings. The molecule has 2 heterocycles. The summed E-state index contributed by atoms with van der Waals surface area (Å²) >= 11 is 0. The van der Waals surface area contributed by atoms with Crippen LogP contribution in [0.5, 0.6) is 0 Å². The number of piperidine rings is 1. The predicted octanol–water partition coefficient (Wildman–Crippen LogP) is 3.80. The highest BCUT2D eigenvalue weighted by Gasteiger charge is 2.28. The maximum atomic E-state index is 13.1. The van der Waals surface area contributed by atoms with Gasteiger partial charge in [-0.15, -0.1) is 10.2 Å². The molecule has 2 aromatic carbocycles. The smallest absolute Gasteiger partial charge is 0.270 e. The van der Waals surface area contributed by atoms with E-state index in [9.17, 15) is 19.3 Å². The van der Waals surface area contributed by atoms with Crippen LogP contribution in [0.1, 0.15) is 35.0 Å². The first kappa shape index (κ1) is 18.7. The van der Waals surface area contributed by atoms with Gasteiger partial charge >= 0.3 is 0 Å². The third-order valence-electron chi connectivity index (χ3n) is 4.97. The Morgan fingerprint density at radius 3 is 2.55 bits per heavy atom. The molecule has 0 N–H and O–H groups in total. The van der Waals surface area contributed by atoms with E-state index >= 15 is 0 Å². The predicted molar refractivity (Wildman–Crippen MR) is 101 cm³/mol. The van der Waals surface area contributed by atoms with Gasteiger partial charge in [0.15, 0.2) is 0 Å². The number of hydrogen-bond donors (Lipinski definition) is 0. The van der Waals surface area contributed by atoms with Crippen LogP contribution in [0, 0.1) is 15.9 Å². The van der Waals surface area contributed by atoms with E-state index in [0.29, 0.717) is 48.8 Å². The number of amides is 1. The molecule has 0 unspecified atom stereocenters. The van der Waals surface area contributed by atoms with E-state index in [1.54, 1.807) is 23.1 Å². The van der Waals surface area contributed by atoms with Crippen LogP contribution in [-0.4, -0.2) is 39.0 Å². The van der Waals surface area contributed by atoms with Crippen LogP contribution in [0.25, 0.3) is 11.5 Å². The minimum atomic E-state index is -0.517. The van der Waals surface area contributed by atoms with E-state index in [4.69, 9.17) is 4.42 Å². The van der Waals surface area contributed by atoms with Crippen molar-refractivity contribution in [3.63, 3.8) is 0 Å². The summed E-state index contributed by atoms with van der Waals surface area (Å²) in [5.74, 6) is 0.270. The van der Waals surface area contributed by atoms with Crippen LogP contribution in [0.4, 0.5) is 10.1 Å². The number of halogens is 1. The average molecular weight is 396 g/mol. The second-order valence-corrected chi connectivity index (χ2v) is 6.83. The molecule has 148 valence electrons. The number of hydrogen-bond acceptors (Lipinski definition) is 6. The Kier molecular flexibility index (Phi) is 5.03. The van der Waals surface area contributed by atoms with Gasteiger partial charge in [0.2, 0.25) is 11.8 Å².